The summed E-state index contributed by atoms with van der Waals surface area (Å²) in [4.78, 5) is 4.07. The van der Waals surface area contributed by atoms with Crippen LogP contribution in [-0.4, -0.2) is 34.6 Å². The largest absolute Gasteiger partial charge is 0.494 e. The number of aromatic nitrogens is 3. The number of halogens is 1. The molecule has 0 fully saturated rings. The molecule has 0 aliphatic carbocycles. The lowest BCUT2D eigenvalue weighted by atomic mass is 10.0. The Labute approximate surface area is 156 Å². The molecule has 1 aliphatic rings. The smallest absolute Gasteiger partial charge is 0.165 e. The molecule has 6 nitrogen and oxygen atoms in total. The average Bonchev–Trinajstić information content (AvgIpc) is 2.89. The predicted octanol–water partition coefficient (Wildman–Crippen LogP) is 3.17. The third kappa shape index (κ3) is 3.26. The van der Waals surface area contributed by atoms with Crippen molar-refractivity contribution in [1.82, 2.24) is 14.8 Å². The van der Waals surface area contributed by atoms with E-state index in [1.165, 1.54) is 13.2 Å². The lowest BCUT2D eigenvalue weighted by Crippen LogP contribution is -2.13. The Balaban J connectivity index is 1.92. The second-order valence-corrected chi connectivity index (χ2v) is 6.61. The van der Waals surface area contributed by atoms with E-state index in [2.05, 4.69) is 4.98 Å². The van der Waals surface area contributed by atoms with Gasteiger partial charge >= 0.3 is 0 Å². The van der Waals surface area contributed by atoms with Crippen LogP contribution >= 0.6 is 0 Å². The molecule has 2 aromatic heterocycles. The predicted molar refractivity (Wildman–Crippen MR) is 101 cm³/mol. The zero-order chi connectivity index (χ0) is 19.0. The highest BCUT2D eigenvalue weighted by Gasteiger charge is 2.25. The van der Waals surface area contributed by atoms with Crippen molar-refractivity contribution < 1.29 is 13.9 Å². The number of nitrogens with two attached hydrogens (primary N) is 1. The Morgan fingerprint density at radius 2 is 2.15 bits per heavy atom. The summed E-state index contributed by atoms with van der Waals surface area (Å²) >= 11 is 0. The molecule has 0 amide bonds. The average molecular weight is 368 g/mol. The standard InChI is InChI=1S/C20H21FN4O2/c1-12-9-17-15(6-8-27-12)20(13-5-7-23-19(22)10-13)24-25(17)14-3-4-16(21)18(11-14)26-2/h3-5,7,10-12H,6,8-9H2,1-2H3,(H2,22,23)/t12-/m1/s1. The summed E-state index contributed by atoms with van der Waals surface area (Å²) < 4.78 is 26.7. The van der Waals surface area contributed by atoms with Crippen LogP contribution in [0.3, 0.4) is 0 Å². The van der Waals surface area contributed by atoms with E-state index in [0.29, 0.717) is 18.8 Å². The number of nitrogens with zero attached hydrogens (tertiary/aromatic N) is 3. The monoisotopic (exact) mass is 368 g/mol. The highest BCUT2D eigenvalue weighted by molar-refractivity contribution is 5.67. The van der Waals surface area contributed by atoms with Crippen LogP contribution in [0.2, 0.25) is 0 Å². The molecule has 3 heterocycles. The summed E-state index contributed by atoms with van der Waals surface area (Å²) in [7, 11) is 1.45. The van der Waals surface area contributed by atoms with E-state index in [1.54, 1.807) is 18.3 Å². The van der Waals surface area contributed by atoms with Crippen molar-refractivity contribution in [3.8, 4) is 22.7 Å². The third-order valence-electron chi connectivity index (χ3n) is 4.76. The molecule has 27 heavy (non-hydrogen) atoms. The summed E-state index contributed by atoms with van der Waals surface area (Å²) in [6, 6.07) is 8.45. The lowest BCUT2D eigenvalue weighted by Gasteiger charge is -2.12. The van der Waals surface area contributed by atoms with Gasteiger partial charge in [-0.3, -0.25) is 0 Å². The van der Waals surface area contributed by atoms with Crippen molar-refractivity contribution in [3.05, 3.63) is 53.6 Å². The normalized spacial score (nSPS) is 16.6. The minimum Gasteiger partial charge on any atom is -0.494 e. The molecule has 0 unspecified atom stereocenters. The van der Waals surface area contributed by atoms with Gasteiger partial charge < -0.3 is 15.2 Å². The van der Waals surface area contributed by atoms with E-state index in [-0.39, 0.29) is 11.9 Å². The third-order valence-corrected chi connectivity index (χ3v) is 4.76. The van der Waals surface area contributed by atoms with Crippen molar-refractivity contribution in [3.63, 3.8) is 0 Å². The summed E-state index contributed by atoms with van der Waals surface area (Å²) in [6.45, 7) is 2.67. The molecule has 1 aromatic carbocycles. The molecule has 1 aliphatic heterocycles. The maximum Gasteiger partial charge on any atom is 0.165 e. The maximum atomic E-state index is 13.9. The quantitative estimate of drug-likeness (QED) is 0.769. The second-order valence-electron chi connectivity index (χ2n) is 6.61. The van der Waals surface area contributed by atoms with Crippen molar-refractivity contribution >= 4 is 5.82 Å². The number of ether oxygens (including phenoxy) is 2. The first-order chi connectivity index (χ1) is 13.1. The Morgan fingerprint density at radius 1 is 1.30 bits per heavy atom. The number of fused-ring (bicyclic) bond motifs is 1. The van der Waals surface area contributed by atoms with Crippen LogP contribution in [-0.2, 0) is 17.6 Å². The zero-order valence-corrected chi connectivity index (χ0v) is 15.3. The van der Waals surface area contributed by atoms with Gasteiger partial charge in [0.15, 0.2) is 11.6 Å². The topological polar surface area (TPSA) is 75.2 Å². The number of pyridine rings is 1. The fraction of sp³-hybridized carbons (Fsp3) is 0.300. The molecule has 0 spiro atoms. The van der Waals surface area contributed by atoms with E-state index in [0.717, 1.165) is 34.6 Å². The van der Waals surface area contributed by atoms with Gasteiger partial charge in [-0.2, -0.15) is 5.10 Å². The SMILES string of the molecule is COc1cc(-n2nc(-c3ccnc(N)c3)c3c2C[C@@H](C)OCC3)ccc1F. The first kappa shape index (κ1) is 17.5. The van der Waals surface area contributed by atoms with Crippen LogP contribution in [0.1, 0.15) is 18.2 Å². The van der Waals surface area contributed by atoms with Crippen molar-refractivity contribution in [2.45, 2.75) is 25.9 Å². The van der Waals surface area contributed by atoms with Crippen molar-refractivity contribution in [1.29, 1.82) is 0 Å². The van der Waals surface area contributed by atoms with E-state index in [1.807, 2.05) is 23.7 Å². The summed E-state index contributed by atoms with van der Waals surface area (Å²) in [6.07, 6.45) is 3.20. The van der Waals surface area contributed by atoms with E-state index >= 15 is 0 Å². The fourth-order valence-electron chi connectivity index (χ4n) is 3.47. The van der Waals surface area contributed by atoms with Gasteiger partial charge in [0.1, 0.15) is 5.82 Å². The Bertz CT molecular complexity index is 986. The number of anilines is 1. The minimum atomic E-state index is -0.404. The molecular formula is C20H21FN4O2. The molecular weight excluding hydrogens is 347 g/mol. The Hall–Kier alpha value is -2.93. The number of hydrogen-bond acceptors (Lipinski definition) is 5. The number of hydrogen-bond donors (Lipinski definition) is 1. The fourth-order valence-corrected chi connectivity index (χ4v) is 3.47. The van der Waals surface area contributed by atoms with E-state index in [4.69, 9.17) is 20.3 Å². The van der Waals surface area contributed by atoms with Gasteiger partial charge in [-0.25, -0.2) is 14.1 Å². The van der Waals surface area contributed by atoms with E-state index < -0.39 is 5.82 Å². The van der Waals surface area contributed by atoms with Gasteiger partial charge in [-0.05, 0) is 37.6 Å². The van der Waals surface area contributed by atoms with Gasteiger partial charge in [0.2, 0.25) is 0 Å². The molecule has 7 heteroatoms. The number of benzene rings is 1. The van der Waals surface area contributed by atoms with Gasteiger partial charge in [0.25, 0.3) is 0 Å². The second kappa shape index (κ2) is 7.00. The molecule has 140 valence electrons. The van der Waals surface area contributed by atoms with Crippen molar-refractivity contribution in [2.24, 2.45) is 0 Å². The maximum absolute atomic E-state index is 13.9. The molecule has 0 radical (unpaired) electrons. The van der Waals surface area contributed by atoms with Crippen LogP contribution in [0, 0.1) is 5.82 Å². The zero-order valence-electron chi connectivity index (χ0n) is 15.3. The van der Waals surface area contributed by atoms with Crippen molar-refractivity contribution in [2.75, 3.05) is 19.5 Å². The Kier molecular flexibility index (Phi) is 4.53. The van der Waals surface area contributed by atoms with Crippen LogP contribution in [0.15, 0.2) is 36.5 Å². The molecule has 0 saturated carbocycles. The van der Waals surface area contributed by atoms with Crippen LogP contribution in [0.5, 0.6) is 5.75 Å². The minimum absolute atomic E-state index is 0.0689. The van der Waals surface area contributed by atoms with Gasteiger partial charge in [-0.1, -0.05) is 0 Å². The Morgan fingerprint density at radius 3 is 2.93 bits per heavy atom. The number of rotatable bonds is 3. The van der Waals surface area contributed by atoms with Gasteiger partial charge in [-0.15, -0.1) is 0 Å². The van der Waals surface area contributed by atoms with E-state index in [9.17, 15) is 4.39 Å². The molecule has 0 saturated heterocycles. The molecule has 4 rings (SSSR count). The summed E-state index contributed by atoms with van der Waals surface area (Å²) in [5.74, 6) is 0.222. The number of methoxy groups -OCH3 is 1. The number of nitrogen functional groups attached to an aromatic ring is 1. The molecule has 3 aromatic rings. The highest BCUT2D eigenvalue weighted by Crippen LogP contribution is 2.32. The highest BCUT2D eigenvalue weighted by atomic mass is 19.1. The van der Waals surface area contributed by atoms with Crippen LogP contribution in [0.4, 0.5) is 10.2 Å². The van der Waals surface area contributed by atoms with Crippen LogP contribution < -0.4 is 10.5 Å². The summed E-state index contributed by atoms with van der Waals surface area (Å²) in [5.41, 5.74) is 10.5. The first-order valence-corrected chi connectivity index (χ1v) is 8.85. The molecule has 1 atom stereocenters. The van der Waals surface area contributed by atoms with Crippen LogP contribution in [0.25, 0.3) is 16.9 Å². The first-order valence-electron chi connectivity index (χ1n) is 8.85. The summed E-state index contributed by atoms with van der Waals surface area (Å²) in [5, 5.41) is 4.85. The lowest BCUT2D eigenvalue weighted by molar-refractivity contribution is 0.0735. The van der Waals surface area contributed by atoms with Gasteiger partial charge in [0.05, 0.1) is 36.9 Å². The molecule has 0 bridgehead atoms. The molecule has 2 N–H and O–H groups in total. The van der Waals surface area contributed by atoms with Gasteiger partial charge in [0, 0.05) is 29.8 Å².